The Balaban J connectivity index is 1.38. The average Bonchev–Trinajstić information content (AvgIpc) is 2.83. The molecule has 0 aliphatic carbocycles. The summed E-state index contributed by atoms with van der Waals surface area (Å²) >= 11 is 0. The van der Waals surface area contributed by atoms with E-state index in [0.717, 1.165) is 5.56 Å². The second-order valence-electron chi connectivity index (χ2n) is 7.29. The third-order valence-electron chi connectivity index (χ3n) is 5.21. The summed E-state index contributed by atoms with van der Waals surface area (Å²) in [6.45, 7) is 1.22. The number of hydrogen-bond acceptors (Lipinski definition) is 7. The van der Waals surface area contributed by atoms with Crippen LogP contribution in [0, 0.1) is 5.21 Å². The van der Waals surface area contributed by atoms with E-state index in [2.05, 4.69) is 0 Å². The molecule has 1 unspecified atom stereocenters. The van der Waals surface area contributed by atoms with Crippen molar-refractivity contribution in [3.05, 3.63) is 87.9 Å². The Bertz CT molecular complexity index is 1330. The molecule has 162 valence electrons. The largest absolute Gasteiger partial charge is 0.595 e. The lowest BCUT2D eigenvalue weighted by atomic mass is 10.0. The Labute approximate surface area is 182 Å². The lowest BCUT2D eigenvalue weighted by molar-refractivity contribution is -0.991. The number of quaternary nitrogens is 1. The van der Waals surface area contributed by atoms with E-state index in [1.54, 1.807) is 48.5 Å². The molecular weight excluding hydrogens is 414 g/mol. The molecule has 2 N–H and O–H groups in total. The molecule has 1 aliphatic heterocycles. The van der Waals surface area contributed by atoms with Crippen LogP contribution in [0.5, 0.6) is 17.2 Å². The maximum atomic E-state index is 13.1. The van der Waals surface area contributed by atoms with Gasteiger partial charge in [-0.15, -0.1) is 0 Å². The van der Waals surface area contributed by atoms with Gasteiger partial charge in [0.25, 0.3) is 0 Å². The van der Waals surface area contributed by atoms with Crippen molar-refractivity contribution in [2.24, 2.45) is 0 Å². The van der Waals surface area contributed by atoms with Crippen LogP contribution in [0.15, 0.2) is 76.1 Å². The summed E-state index contributed by atoms with van der Waals surface area (Å²) in [4.78, 5) is 13.1. The van der Waals surface area contributed by atoms with E-state index in [0.29, 0.717) is 52.6 Å². The Morgan fingerprint density at radius 1 is 0.969 bits per heavy atom. The molecule has 1 aromatic heterocycles. The smallest absolute Gasteiger partial charge is 0.200 e. The molecule has 0 amide bonds. The van der Waals surface area contributed by atoms with Crippen molar-refractivity contribution in [1.29, 1.82) is 0 Å². The molecule has 0 radical (unpaired) electrons. The molecule has 32 heavy (non-hydrogen) atoms. The first-order chi connectivity index (χ1) is 15.6. The van der Waals surface area contributed by atoms with Crippen molar-refractivity contribution < 1.29 is 29.1 Å². The number of rotatable bonds is 5. The first-order valence-electron chi connectivity index (χ1n) is 9.99. The Morgan fingerprint density at radius 2 is 1.75 bits per heavy atom. The van der Waals surface area contributed by atoms with Gasteiger partial charge in [-0.3, -0.25) is 4.79 Å². The standard InChI is InChI=1S/C24H19NO7/c26-24-19-7-6-18(31-13-15-1-4-17(5-2-15)25(27)28)12-22(19)32-14-20(24)16-3-8-21-23(11-16)30-10-9-29-21/h1-8,11-12,14,25,27H,9-10,13H2. The highest BCUT2D eigenvalue weighted by atomic mass is 16.8. The van der Waals surface area contributed by atoms with Crippen molar-refractivity contribution >= 4 is 16.7 Å². The van der Waals surface area contributed by atoms with Gasteiger partial charge in [0.15, 0.2) is 22.6 Å². The fourth-order valence-corrected chi connectivity index (χ4v) is 3.52. The summed E-state index contributed by atoms with van der Waals surface area (Å²) in [7, 11) is 0. The summed E-state index contributed by atoms with van der Waals surface area (Å²) in [5.74, 6) is 1.80. The Morgan fingerprint density at radius 3 is 2.53 bits per heavy atom. The second kappa shape index (κ2) is 8.35. The molecule has 0 saturated carbocycles. The topological polar surface area (TPSA) is 106 Å². The van der Waals surface area contributed by atoms with E-state index in [9.17, 15) is 10.0 Å². The van der Waals surface area contributed by atoms with Crippen molar-refractivity contribution in [1.82, 2.24) is 0 Å². The second-order valence-corrected chi connectivity index (χ2v) is 7.29. The van der Waals surface area contributed by atoms with E-state index < -0.39 is 5.23 Å². The van der Waals surface area contributed by atoms with Crippen LogP contribution in [0.3, 0.4) is 0 Å². The molecule has 8 heteroatoms. The van der Waals surface area contributed by atoms with Gasteiger partial charge in [0.1, 0.15) is 37.4 Å². The van der Waals surface area contributed by atoms with E-state index in [4.69, 9.17) is 23.8 Å². The molecule has 0 spiro atoms. The molecule has 3 aromatic carbocycles. The van der Waals surface area contributed by atoms with Gasteiger partial charge in [0.2, 0.25) is 0 Å². The number of nitrogens with one attached hydrogen (secondary N) is 1. The van der Waals surface area contributed by atoms with Gasteiger partial charge in [-0.2, -0.15) is 5.23 Å². The first kappa shape index (κ1) is 20.1. The van der Waals surface area contributed by atoms with Gasteiger partial charge < -0.3 is 23.8 Å². The van der Waals surface area contributed by atoms with Crippen LogP contribution in [0.4, 0.5) is 5.69 Å². The number of fused-ring (bicyclic) bond motifs is 2. The summed E-state index contributed by atoms with van der Waals surface area (Å²) < 4.78 is 22.7. The van der Waals surface area contributed by atoms with Crippen LogP contribution in [0.1, 0.15) is 5.56 Å². The Kier molecular flexibility index (Phi) is 5.24. The van der Waals surface area contributed by atoms with E-state index in [-0.39, 0.29) is 17.7 Å². The molecule has 5 rings (SSSR count). The predicted molar refractivity (Wildman–Crippen MR) is 115 cm³/mol. The van der Waals surface area contributed by atoms with Crippen molar-refractivity contribution in [2.45, 2.75) is 6.61 Å². The minimum atomic E-state index is -0.974. The van der Waals surface area contributed by atoms with Gasteiger partial charge in [0.05, 0.1) is 10.9 Å². The van der Waals surface area contributed by atoms with Crippen LogP contribution >= 0.6 is 0 Å². The summed E-state index contributed by atoms with van der Waals surface area (Å²) in [5, 5.41) is 19.4. The van der Waals surface area contributed by atoms with Crippen LogP contribution in [0.2, 0.25) is 0 Å². The van der Waals surface area contributed by atoms with Gasteiger partial charge in [0, 0.05) is 18.2 Å². The molecular formula is C24H19NO7. The lowest BCUT2D eigenvalue weighted by Gasteiger charge is -2.18. The maximum absolute atomic E-state index is 13.1. The zero-order valence-corrected chi connectivity index (χ0v) is 16.9. The van der Waals surface area contributed by atoms with Crippen LogP contribution in [-0.2, 0) is 6.61 Å². The zero-order valence-electron chi connectivity index (χ0n) is 16.9. The summed E-state index contributed by atoms with van der Waals surface area (Å²) in [6, 6.07) is 16.9. The van der Waals surface area contributed by atoms with Crippen LogP contribution < -0.4 is 24.9 Å². The normalized spacial score (nSPS) is 13.7. The molecule has 1 atom stereocenters. The van der Waals surface area contributed by atoms with Gasteiger partial charge in [-0.1, -0.05) is 6.07 Å². The van der Waals surface area contributed by atoms with E-state index >= 15 is 0 Å². The molecule has 4 aromatic rings. The zero-order chi connectivity index (χ0) is 22.1. The SMILES string of the molecule is O=c1c(-c2ccc3c(c2)OCCO3)coc2cc(OCc3ccc([NH+]([O-])O)cc3)ccc12. The third-order valence-corrected chi connectivity index (χ3v) is 5.21. The minimum Gasteiger partial charge on any atom is -0.595 e. The van der Waals surface area contributed by atoms with E-state index in [1.165, 1.54) is 18.4 Å². The quantitative estimate of drug-likeness (QED) is 0.466. The number of ether oxygens (including phenoxy) is 3. The summed E-state index contributed by atoms with van der Waals surface area (Å²) in [6.07, 6.45) is 1.44. The average molecular weight is 433 g/mol. The molecule has 0 bridgehead atoms. The molecule has 2 heterocycles. The van der Waals surface area contributed by atoms with Gasteiger partial charge >= 0.3 is 0 Å². The molecule has 8 nitrogen and oxygen atoms in total. The molecule has 1 aliphatic rings. The minimum absolute atomic E-state index is 0.154. The van der Waals surface area contributed by atoms with Crippen molar-refractivity contribution in [2.75, 3.05) is 13.2 Å². The maximum Gasteiger partial charge on any atom is 0.200 e. The van der Waals surface area contributed by atoms with Crippen LogP contribution in [-0.4, -0.2) is 18.4 Å². The van der Waals surface area contributed by atoms with Crippen LogP contribution in [0.25, 0.3) is 22.1 Å². The van der Waals surface area contributed by atoms with Gasteiger partial charge in [-0.05, 0) is 47.5 Å². The number of hydrogen-bond donors (Lipinski definition) is 2. The third kappa shape index (κ3) is 3.90. The highest BCUT2D eigenvalue weighted by Gasteiger charge is 2.15. The monoisotopic (exact) mass is 433 g/mol. The first-order valence-corrected chi connectivity index (χ1v) is 9.99. The predicted octanol–water partition coefficient (Wildman–Crippen LogP) is 3.21. The number of benzene rings is 3. The summed E-state index contributed by atoms with van der Waals surface area (Å²) in [5.41, 5.74) is 2.42. The van der Waals surface area contributed by atoms with E-state index in [1.807, 2.05) is 0 Å². The van der Waals surface area contributed by atoms with Crippen molar-refractivity contribution in [3.8, 4) is 28.4 Å². The van der Waals surface area contributed by atoms with Gasteiger partial charge in [-0.25, -0.2) is 5.21 Å². The highest BCUT2D eigenvalue weighted by molar-refractivity contribution is 5.83. The molecule has 0 saturated heterocycles. The van der Waals surface area contributed by atoms with Crippen molar-refractivity contribution in [3.63, 3.8) is 0 Å². The lowest BCUT2D eigenvalue weighted by Crippen LogP contribution is -2.99. The fraction of sp³-hybridized carbons (Fsp3) is 0.125. The molecule has 0 fully saturated rings. The fourth-order valence-electron chi connectivity index (χ4n) is 3.52. The Hall–Kier alpha value is -3.85. The highest BCUT2D eigenvalue weighted by Crippen LogP contribution is 2.34.